The number of aliphatic hydroxyl groups excluding tert-OH is 1. The predicted molar refractivity (Wildman–Crippen MR) is 138 cm³/mol. The van der Waals surface area contributed by atoms with E-state index in [-0.39, 0.29) is 23.2 Å². The van der Waals surface area contributed by atoms with Gasteiger partial charge in [0.2, 0.25) is 5.95 Å². The number of ether oxygens (including phenoxy) is 1. The van der Waals surface area contributed by atoms with Crippen molar-refractivity contribution >= 4 is 46.5 Å². The number of carbonyl (C=O) groups excluding carboxylic acids is 1. The fourth-order valence-electron chi connectivity index (χ4n) is 3.84. The first-order valence-electron chi connectivity index (χ1n) is 11.3. The number of halogens is 1. The van der Waals surface area contributed by atoms with Crippen molar-refractivity contribution in [2.45, 2.75) is 25.5 Å². The van der Waals surface area contributed by atoms with Gasteiger partial charge >= 0.3 is 6.09 Å². The number of allylic oxidation sites excluding steroid dienone is 1. The zero-order valence-corrected chi connectivity index (χ0v) is 21.4. The molecule has 14 heteroatoms. The summed E-state index contributed by atoms with van der Waals surface area (Å²) in [5, 5.41) is 43.0. The van der Waals surface area contributed by atoms with Crippen molar-refractivity contribution in [2.75, 3.05) is 49.3 Å². The van der Waals surface area contributed by atoms with E-state index in [1.807, 2.05) is 17.9 Å². The van der Waals surface area contributed by atoms with Crippen LogP contribution in [0.5, 0.6) is 0 Å². The number of anilines is 4. The molecule has 1 aromatic carbocycles. The molecular weight excluding hydrogens is 500 g/mol. The Bertz CT molecular complexity index is 1340. The number of rotatable bonds is 7. The summed E-state index contributed by atoms with van der Waals surface area (Å²) < 4.78 is 5.87. The molecule has 3 rings (SSSR count). The van der Waals surface area contributed by atoms with Crippen molar-refractivity contribution < 1.29 is 14.6 Å². The molecular formula is C23H27ClN10O3. The maximum absolute atomic E-state index is 11.6. The molecule has 194 valence electrons. The summed E-state index contributed by atoms with van der Waals surface area (Å²) in [6.45, 7) is 6.76. The van der Waals surface area contributed by atoms with Gasteiger partial charge in [-0.05, 0) is 25.5 Å². The summed E-state index contributed by atoms with van der Waals surface area (Å²) in [7, 11) is 2.80. The molecule has 0 radical (unpaired) electrons. The number of carbonyl (C=O) groups is 1. The number of aromatic nitrogens is 3. The fourth-order valence-corrected chi connectivity index (χ4v) is 4.12. The van der Waals surface area contributed by atoms with Crippen LogP contribution in [0.15, 0.2) is 23.7 Å². The van der Waals surface area contributed by atoms with Gasteiger partial charge in [0.05, 0.1) is 47.3 Å². The maximum atomic E-state index is 11.6. The van der Waals surface area contributed by atoms with E-state index in [0.29, 0.717) is 47.8 Å². The minimum Gasteiger partial charge on any atom is -0.453 e. The molecule has 1 aliphatic heterocycles. The number of hydrogen-bond donors (Lipinski definition) is 4. The normalized spacial score (nSPS) is 17.4. The van der Waals surface area contributed by atoms with E-state index in [0.717, 1.165) is 0 Å². The summed E-state index contributed by atoms with van der Waals surface area (Å²) in [5.74, 6) is 0.457. The molecule has 4 N–H and O–H groups in total. The monoisotopic (exact) mass is 526 g/mol. The third kappa shape index (κ3) is 6.09. The van der Waals surface area contributed by atoms with Crippen LogP contribution in [0, 0.1) is 22.7 Å². The zero-order valence-electron chi connectivity index (χ0n) is 20.6. The van der Waals surface area contributed by atoms with Crippen molar-refractivity contribution in [3.8, 4) is 12.1 Å². The average molecular weight is 527 g/mol. The summed E-state index contributed by atoms with van der Waals surface area (Å²) in [4.78, 5) is 22.0. The minimum absolute atomic E-state index is 0.0280. The second kappa shape index (κ2) is 12.1. The molecule has 37 heavy (non-hydrogen) atoms. The number of alkyl carbamates (subject to hydrolysis) is 1. The van der Waals surface area contributed by atoms with E-state index in [9.17, 15) is 20.4 Å². The third-order valence-electron chi connectivity index (χ3n) is 5.61. The lowest BCUT2D eigenvalue weighted by molar-refractivity contribution is 0.103. The Kier molecular flexibility index (Phi) is 8.90. The molecule has 0 unspecified atom stereocenters. The molecule has 1 amide bonds. The van der Waals surface area contributed by atoms with Crippen LogP contribution < -0.4 is 26.3 Å². The van der Waals surface area contributed by atoms with Crippen LogP contribution in [-0.4, -0.2) is 71.9 Å². The van der Waals surface area contributed by atoms with Crippen LogP contribution >= 0.6 is 11.6 Å². The number of aliphatic hydroxyl groups is 1. The topological polar surface area (TPSA) is 177 Å². The molecule has 0 saturated carbocycles. The molecule has 13 nitrogen and oxygen atoms in total. The van der Waals surface area contributed by atoms with Crippen molar-refractivity contribution in [3.05, 3.63) is 34.8 Å². The number of hydrogen-bond acceptors (Lipinski definition) is 11. The van der Waals surface area contributed by atoms with E-state index >= 15 is 0 Å². The Morgan fingerprint density at radius 3 is 2.78 bits per heavy atom. The van der Waals surface area contributed by atoms with Crippen LogP contribution in [0.4, 0.5) is 27.9 Å². The largest absolute Gasteiger partial charge is 0.453 e. The highest BCUT2D eigenvalue weighted by molar-refractivity contribution is 6.36. The summed E-state index contributed by atoms with van der Waals surface area (Å²) >= 11 is 6.75. The standard InChI is InChI=1S/C23H27ClN10O3/c1-5-28-20-21(27-3)34(13(2)10-25)32-22(31-20)29-16-8-14(11-26)9-17(19(16)24)33-7-6-15(18(35)12-33)30-23(36)37-4/h8-9,15,18,35H,2,5-7,12H2,1,3-4H3,(H,30,36)(H2,28,29,31,32)/t15-,18-/m1/s1. The van der Waals surface area contributed by atoms with Crippen molar-refractivity contribution in [1.29, 1.82) is 10.5 Å². The first kappa shape index (κ1) is 27.3. The first-order chi connectivity index (χ1) is 17.8. The van der Waals surface area contributed by atoms with E-state index < -0.39 is 18.2 Å². The quantitative estimate of drug-likeness (QED) is 0.389. The van der Waals surface area contributed by atoms with Gasteiger partial charge in [-0.3, -0.25) is 4.99 Å². The third-order valence-corrected chi connectivity index (χ3v) is 6.00. The van der Waals surface area contributed by atoms with Gasteiger partial charge in [-0.2, -0.15) is 20.2 Å². The Morgan fingerprint density at radius 2 is 2.19 bits per heavy atom. The fraction of sp³-hybridized carbons (Fsp3) is 0.391. The van der Waals surface area contributed by atoms with Gasteiger partial charge < -0.3 is 30.7 Å². The molecule has 0 aliphatic carbocycles. The van der Waals surface area contributed by atoms with E-state index in [1.165, 1.54) is 11.8 Å². The number of nitrogens with zero attached hydrogens (tertiary/aromatic N) is 7. The van der Waals surface area contributed by atoms with E-state index in [4.69, 9.17) is 11.6 Å². The summed E-state index contributed by atoms with van der Waals surface area (Å²) in [6, 6.07) is 6.75. The number of piperidine rings is 1. The molecule has 2 atom stereocenters. The maximum Gasteiger partial charge on any atom is 0.407 e. The smallest absolute Gasteiger partial charge is 0.407 e. The molecule has 0 bridgehead atoms. The highest BCUT2D eigenvalue weighted by Gasteiger charge is 2.31. The zero-order chi connectivity index (χ0) is 27.1. The van der Waals surface area contributed by atoms with Crippen LogP contribution in [0.3, 0.4) is 0 Å². The van der Waals surface area contributed by atoms with Crippen LogP contribution in [-0.2, 0) is 4.74 Å². The lowest BCUT2D eigenvalue weighted by atomic mass is 10.0. The number of benzene rings is 1. The molecule has 0 spiro atoms. The van der Waals surface area contributed by atoms with Gasteiger partial charge in [0, 0.05) is 26.7 Å². The van der Waals surface area contributed by atoms with E-state index in [2.05, 4.69) is 48.4 Å². The van der Waals surface area contributed by atoms with Crippen LogP contribution in [0.2, 0.25) is 5.02 Å². The van der Waals surface area contributed by atoms with Gasteiger partial charge in [-0.15, -0.1) is 5.10 Å². The van der Waals surface area contributed by atoms with Crippen LogP contribution in [0.25, 0.3) is 5.70 Å². The Balaban J connectivity index is 1.99. The van der Waals surface area contributed by atoms with Gasteiger partial charge in [-0.25, -0.2) is 4.79 Å². The number of amides is 1. The van der Waals surface area contributed by atoms with Crippen molar-refractivity contribution in [2.24, 2.45) is 4.99 Å². The van der Waals surface area contributed by atoms with Gasteiger partial charge in [0.25, 0.3) is 0 Å². The number of nitriles is 2. The number of nitrogens with one attached hydrogen (secondary N) is 3. The molecule has 2 aromatic rings. The second-order valence-electron chi connectivity index (χ2n) is 7.97. The first-order valence-corrected chi connectivity index (χ1v) is 11.7. The molecule has 1 saturated heterocycles. The number of methoxy groups -OCH3 is 1. The average Bonchev–Trinajstić information content (AvgIpc) is 2.90. The second-order valence-corrected chi connectivity index (χ2v) is 8.35. The number of β-amino-alcohol motifs (C(OH)–C–C–N with tert-alkyl or cyclic N) is 1. The Labute approximate surface area is 218 Å². The summed E-state index contributed by atoms with van der Waals surface area (Å²) in [6.07, 6.45) is -1.08. The van der Waals surface area contributed by atoms with Crippen LogP contribution in [0.1, 0.15) is 18.9 Å². The van der Waals surface area contributed by atoms with E-state index in [1.54, 1.807) is 19.2 Å². The Hall–Kier alpha value is -4.33. The minimum atomic E-state index is -0.890. The van der Waals surface area contributed by atoms with Gasteiger partial charge in [0.1, 0.15) is 11.8 Å². The lowest BCUT2D eigenvalue weighted by Crippen LogP contribution is -2.54. The van der Waals surface area contributed by atoms with Crippen molar-refractivity contribution in [3.63, 3.8) is 0 Å². The lowest BCUT2D eigenvalue weighted by Gasteiger charge is -2.38. The molecule has 1 fully saturated rings. The van der Waals surface area contributed by atoms with Crippen molar-refractivity contribution in [1.82, 2.24) is 20.1 Å². The van der Waals surface area contributed by atoms with Gasteiger partial charge in [0.15, 0.2) is 11.3 Å². The molecule has 1 aromatic heterocycles. The predicted octanol–water partition coefficient (Wildman–Crippen LogP) is 1.80. The molecule has 2 heterocycles. The summed E-state index contributed by atoms with van der Waals surface area (Å²) in [5.41, 5.74) is 1.51. The Morgan fingerprint density at radius 1 is 1.43 bits per heavy atom. The molecule has 1 aliphatic rings. The van der Waals surface area contributed by atoms with Gasteiger partial charge in [-0.1, -0.05) is 18.2 Å². The SMILES string of the molecule is C=C(C#N)n1nc(Nc2cc(C#N)cc(N3CC[C@@H](NC(=O)OC)[C@H](O)C3)c2Cl)nc(NCC)c1=NC. The highest BCUT2D eigenvalue weighted by atomic mass is 35.5. The highest BCUT2D eigenvalue weighted by Crippen LogP contribution is 2.37.